The molecule has 0 aliphatic carbocycles. The first kappa shape index (κ1) is 17.1. The molecule has 2 aromatic rings. The molecule has 5 heteroatoms. The second-order valence-electron chi connectivity index (χ2n) is 5.08. The van der Waals surface area contributed by atoms with E-state index in [1.807, 2.05) is 0 Å². The summed E-state index contributed by atoms with van der Waals surface area (Å²) in [5.74, 6) is -1.89. The van der Waals surface area contributed by atoms with Crippen LogP contribution in [-0.2, 0) is 9.59 Å². The molecule has 0 spiro atoms. The fourth-order valence-corrected chi connectivity index (χ4v) is 1.88. The van der Waals surface area contributed by atoms with Crippen LogP contribution in [0.1, 0.15) is 17.5 Å². The summed E-state index contributed by atoms with van der Waals surface area (Å²) >= 11 is 0. The van der Waals surface area contributed by atoms with Crippen LogP contribution in [0.15, 0.2) is 54.6 Å². The largest absolute Gasteiger partial charge is 0.508 e. The molecule has 0 bridgehead atoms. The van der Waals surface area contributed by atoms with Crippen molar-refractivity contribution in [3.05, 3.63) is 71.6 Å². The molecule has 2 rings (SSSR count). The highest BCUT2D eigenvalue weighted by Gasteiger charge is 2.04. The van der Waals surface area contributed by atoms with Crippen molar-refractivity contribution in [3.8, 4) is 11.5 Å². The molecule has 0 aromatic heterocycles. The predicted molar refractivity (Wildman–Crippen MR) is 88.9 cm³/mol. The maximum absolute atomic E-state index is 13.2. The van der Waals surface area contributed by atoms with Gasteiger partial charge in [-0.2, -0.15) is 0 Å². The van der Waals surface area contributed by atoms with Gasteiger partial charge in [0.1, 0.15) is 5.75 Å². The zero-order chi connectivity index (χ0) is 17.5. The van der Waals surface area contributed by atoms with Gasteiger partial charge in [-0.3, -0.25) is 9.59 Å². The number of aromatic hydroxyl groups is 2. The topological polar surface area (TPSA) is 74.6 Å². The summed E-state index contributed by atoms with van der Waals surface area (Å²) in [6.07, 6.45) is 5.11. The standard InChI is InChI=1S/C19H15FO4/c20-18-11-14(5-10-19(18)24)4-9-17(23)12-16(22)8-3-13-1-6-15(21)7-2-13/h1-11,21,24H,12H2/b8-3+,9-4+. The number of hydrogen-bond donors (Lipinski definition) is 2. The van der Waals surface area contributed by atoms with E-state index in [-0.39, 0.29) is 18.0 Å². The van der Waals surface area contributed by atoms with E-state index in [9.17, 15) is 14.0 Å². The normalized spacial score (nSPS) is 11.2. The molecule has 122 valence electrons. The third-order valence-corrected chi connectivity index (χ3v) is 3.14. The van der Waals surface area contributed by atoms with Crippen molar-refractivity contribution in [2.75, 3.05) is 0 Å². The summed E-state index contributed by atoms with van der Waals surface area (Å²) in [6.45, 7) is 0. The number of carbonyl (C=O) groups excluding carboxylic acids is 2. The molecule has 0 fully saturated rings. The first-order chi connectivity index (χ1) is 11.4. The summed E-state index contributed by atoms with van der Waals surface area (Å²) in [5.41, 5.74) is 1.13. The Labute approximate surface area is 138 Å². The summed E-state index contributed by atoms with van der Waals surface area (Å²) in [7, 11) is 0. The second kappa shape index (κ2) is 7.87. The number of halogens is 1. The molecule has 0 aliphatic heterocycles. The number of carbonyl (C=O) groups is 2. The van der Waals surface area contributed by atoms with Gasteiger partial charge >= 0.3 is 0 Å². The highest BCUT2D eigenvalue weighted by Crippen LogP contribution is 2.17. The maximum Gasteiger partial charge on any atom is 0.165 e. The third-order valence-electron chi connectivity index (χ3n) is 3.14. The van der Waals surface area contributed by atoms with Gasteiger partial charge in [0.15, 0.2) is 23.1 Å². The van der Waals surface area contributed by atoms with Crippen molar-refractivity contribution in [2.45, 2.75) is 6.42 Å². The van der Waals surface area contributed by atoms with E-state index >= 15 is 0 Å². The van der Waals surface area contributed by atoms with Crippen molar-refractivity contribution in [3.63, 3.8) is 0 Å². The quantitative estimate of drug-likeness (QED) is 0.629. The molecule has 0 aliphatic rings. The van der Waals surface area contributed by atoms with Crippen molar-refractivity contribution in [2.24, 2.45) is 0 Å². The van der Waals surface area contributed by atoms with Crippen LogP contribution in [0, 0.1) is 5.82 Å². The van der Waals surface area contributed by atoms with Crippen LogP contribution in [0.2, 0.25) is 0 Å². The fraction of sp³-hybridized carbons (Fsp3) is 0.0526. The lowest BCUT2D eigenvalue weighted by molar-refractivity contribution is -0.121. The minimum Gasteiger partial charge on any atom is -0.508 e. The Hall–Kier alpha value is -3.21. The van der Waals surface area contributed by atoms with Crippen LogP contribution in [-0.4, -0.2) is 21.8 Å². The molecule has 24 heavy (non-hydrogen) atoms. The van der Waals surface area contributed by atoms with Crippen LogP contribution >= 0.6 is 0 Å². The Morgan fingerprint density at radius 1 is 0.875 bits per heavy atom. The molecule has 4 nitrogen and oxygen atoms in total. The highest BCUT2D eigenvalue weighted by molar-refractivity contribution is 6.10. The number of rotatable bonds is 6. The molecular formula is C19H15FO4. The lowest BCUT2D eigenvalue weighted by Crippen LogP contribution is -2.01. The minimum atomic E-state index is -0.780. The summed E-state index contributed by atoms with van der Waals surface area (Å²) in [4.78, 5) is 23.4. The number of hydrogen-bond acceptors (Lipinski definition) is 4. The number of allylic oxidation sites excluding steroid dienone is 2. The van der Waals surface area contributed by atoms with E-state index in [2.05, 4.69) is 0 Å². The van der Waals surface area contributed by atoms with Gasteiger partial charge in [0, 0.05) is 0 Å². The van der Waals surface area contributed by atoms with Crippen molar-refractivity contribution in [1.82, 2.24) is 0 Å². The minimum absolute atomic E-state index is 0.129. The van der Waals surface area contributed by atoms with E-state index in [4.69, 9.17) is 10.2 Å². The molecule has 0 amide bonds. The highest BCUT2D eigenvalue weighted by atomic mass is 19.1. The Kier molecular flexibility index (Phi) is 5.63. The SMILES string of the molecule is O=C(/C=C/c1ccc(O)cc1)CC(=O)/C=C/c1ccc(O)c(F)c1. The van der Waals surface area contributed by atoms with Gasteiger partial charge in [0.05, 0.1) is 6.42 Å². The van der Waals surface area contributed by atoms with Crippen molar-refractivity contribution < 1.29 is 24.2 Å². The average molecular weight is 326 g/mol. The van der Waals surface area contributed by atoms with Gasteiger partial charge in [-0.15, -0.1) is 0 Å². The zero-order valence-electron chi connectivity index (χ0n) is 12.6. The third kappa shape index (κ3) is 5.21. The molecule has 0 unspecified atom stereocenters. The van der Waals surface area contributed by atoms with E-state index < -0.39 is 17.3 Å². The average Bonchev–Trinajstić information content (AvgIpc) is 2.55. The summed E-state index contributed by atoms with van der Waals surface area (Å²) < 4.78 is 13.2. The molecule has 0 saturated carbocycles. The fourth-order valence-electron chi connectivity index (χ4n) is 1.88. The lowest BCUT2D eigenvalue weighted by Gasteiger charge is -1.97. The monoisotopic (exact) mass is 326 g/mol. The van der Waals surface area contributed by atoms with Crippen LogP contribution < -0.4 is 0 Å². The molecule has 0 radical (unpaired) electrons. The van der Waals surface area contributed by atoms with Crippen LogP contribution in [0.4, 0.5) is 4.39 Å². The van der Waals surface area contributed by atoms with Crippen LogP contribution in [0.3, 0.4) is 0 Å². The summed E-state index contributed by atoms with van der Waals surface area (Å²) in [6, 6.07) is 10.00. The number of benzene rings is 2. The Morgan fingerprint density at radius 3 is 2.00 bits per heavy atom. The molecule has 2 aromatic carbocycles. The van der Waals surface area contributed by atoms with Crippen LogP contribution in [0.5, 0.6) is 11.5 Å². The molecule has 0 atom stereocenters. The molecule has 0 heterocycles. The number of phenolic OH excluding ortho intramolecular Hbond substituents is 2. The molecule has 2 N–H and O–H groups in total. The van der Waals surface area contributed by atoms with E-state index in [0.717, 1.165) is 11.6 Å². The Bertz CT molecular complexity index is 805. The van der Waals surface area contributed by atoms with Gasteiger partial charge in [-0.1, -0.05) is 30.4 Å². The van der Waals surface area contributed by atoms with Gasteiger partial charge in [-0.25, -0.2) is 4.39 Å². The van der Waals surface area contributed by atoms with Gasteiger partial charge in [-0.05, 0) is 47.5 Å². The smallest absolute Gasteiger partial charge is 0.165 e. The number of phenols is 2. The zero-order valence-corrected chi connectivity index (χ0v) is 12.6. The van der Waals surface area contributed by atoms with Gasteiger partial charge in [0.2, 0.25) is 0 Å². The van der Waals surface area contributed by atoms with E-state index in [1.54, 1.807) is 18.2 Å². The Balaban J connectivity index is 1.91. The molecular weight excluding hydrogens is 311 g/mol. The predicted octanol–water partition coefficient (Wildman–Crippen LogP) is 3.49. The van der Waals surface area contributed by atoms with Crippen LogP contribution in [0.25, 0.3) is 12.2 Å². The maximum atomic E-state index is 13.2. The molecule has 0 saturated heterocycles. The first-order valence-corrected chi connectivity index (χ1v) is 7.13. The number of ketones is 2. The van der Waals surface area contributed by atoms with E-state index in [0.29, 0.717) is 5.56 Å². The van der Waals surface area contributed by atoms with E-state index in [1.165, 1.54) is 42.5 Å². The van der Waals surface area contributed by atoms with Gasteiger partial charge < -0.3 is 10.2 Å². The lowest BCUT2D eigenvalue weighted by atomic mass is 10.1. The van der Waals surface area contributed by atoms with Gasteiger partial charge in [0.25, 0.3) is 0 Å². The van der Waals surface area contributed by atoms with Crippen molar-refractivity contribution in [1.29, 1.82) is 0 Å². The van der Waals surface area contributed by atoms with Crippen molar-refractivity contribution >= 4 is 23.7 Å². The summed E-state index contributed by atoms with van der Waals surface area (Å²) in [5, 5.41) is 18.2. The Morgan fingerprint density at radius 2 is 1.42 bits per heavy atom. The second-order valence-corrected chi connectivity index (χ2v) is 5.08. The first-order valence-electron chi connectivity index (χ1n) is 7.13.